The van der Waals surface area contributed by atoms with Gasteiger partial charge < -0.3 is 20.7 Å². The van der Waals surface area contributed by atoms with Gasteiger partial charge in [-0.2, -0.15) is 0 Å². The van der Waals surface area contributed by atoms with Gasteiger partial charge in [-0.25, -0.2) is 9.97 Å². The lowest BCUT2D eigenvalue weighted by molar-refractivity contribution is 0.419. The fourth-order valence-corrected chi connectivity index (χ4v) is 2.91. The lowest BCUT2D eigenvalue weighted by Gasteiger charge is -2.28. The van der Waals surface area contributed by atoms with Crippen LogP contribution in [0.3, 0.4) is 0 Å². The molecule has 0 bridgehead atoms. The van der Waals surface area contributed by atoms with Crippen molar-refractivity contribution >= 4 is 5.82 Å². The third-order valence-corrected chi connectivity index (χ3v) is 3.93. The molecule has 1 unspecified atom stereocenters. The number of para-hydroxylation sites is 1. The van der Waals surface area contributed by atoms with Crippen molar-refractivity contribution in [3.05, 3.63) is 65.5 Å². The van der Waals surface area contributed by atoms with Crippen LogP contribution in [0, 0.1) is 0 Å². The van der Waals surface area contributed by atoms with Crippen LogP contribution in [0.25, 0.3) is 0 Å². The zero-order valence-corrected chi connectivity index (χ0v) is 12.0. The van der Waals surface area contributed by atoms with Gasteiger partial charge in [0.15, 0.2) is 0 Å². The minimum atomic E-state index is -0.378. The molecular weight excluding hydrogens is 294 g/mol. The fraction of sp³-hybridized carbons (Fsp3) is 0.0588. The molecule has 0 saturated carbocycles. The molecule has 2 heterocycles. The number of phenolic OH excluding ortho intramolecular Hbond substituents is 2. The first-order valence-electron chi connectivity index (χ1n) is 7.04. The molecule has 0 spiro atoms. The van der Waals surface area contributed by atoms with Crippen LogP contribution in [0.1, 0.15) is 22.6 Å². The zero-order chi connectivity index (χ0) is 16.0. The lowest BCUT2D eigenvalue weighted by Crippen LogP contribution is -2.15. The van der Waals surface area contributed by atoms with E-state index in [0.717, 1.165) is 5.56 Å². The third kappa shape index (κ3) is 2.03. The Balaban J connectivity index is 2.03. The van der Waals surface area contributed by atoms with E-state index in [0.29, 0.717) is 28.6 Å². The molecule has 23 heavy (non-hydrogen) atoms. The van der Waals surface area contributed by atoms with E-state index in [9.17, 15) is 10.2 Å². The number of nitrogens with two attached hydrogens (primary N) is 1. The summed E-state index contributed by atoms with van der Waals surface area (Å²) in [6.45, 7) is 0. The summed E-state index contributed by atoms with van der Waals surface area (Å²) in [6.07, 6.45) is 1.32. The number of hydrogen-bond acceptors (Lipinski definition) is 6. The predicted octanol–water partition coefficient (Wildman–Crippen LogP) is 2.76. The Hall–Kier alpha value is -3.28. The van der Waals surface area contributed by atoms with Crippen LogP contribution in [-0.4, -0.2) is 20.2 Å². The van der Waals surface area contributed by atoms with Gasteiger partial charge in [-0.15, -0.1) is 0 Å². The molecule has 3 aromatic rings. The largest absolute Gasteiger partial charge is 0.508 e. The first-order chi connectivity index (χ1) is 11.1. The predicted molar refractivity (Wildman–Crippen MR) is 83.7 cm³/mol. The molecule has 2 aromatic carbocycles. The molecule has 1 aliphatic heterocycles. The van der Waals surface area contributed by atoms with Crippen molar-refractivity contribution in [1.82, 2.24) is 9.97 Å². The summed E-state index contributed by atoms with van der Waals surface area (Å²) in [7, 11) is 0. The number of nitrogens with zero attached hydrogens (tertiary/aromatic N) is 2. The monoisotopic (exact) mass is 307 g/mol. The van der Waals surface area contributed by atoms with Crippen LogP contribution in [0.4, 0.5) is 5.82 Å². The third-order valence-electron chi connectivity index (χ3n) is 3.93. The highest BCUT2D eigenvalue weighted by molar-refractivity contribution is 5.64. The summed E-state index contributed by atoms with van der Waals surface area (Å²) in [4.78, 5) is 8.18. The Kier molecular flexibility index (Phi) is 2.84. The smallest absolute Gasteiger partial charge is 0.228 e. The maximum atomic E-state index is 10.3. The number of fused-ring (bicyclic) bond motifs is 2. The van der Waals surface area contributed by atoms with E-state index in [4.69, 9.17) is 10.5 Å². The van der Waals surface area contributed by atoms with Crippen LogP contribution < -0.4 is 10.5 Å². The summed E-state index contributed by atoms with van der Waals surface area (Å²) in [6, 6.07) is 11.9. The number of ether oxygens (including phenoxy) is 1. The van der Waals surface area contributed by atoms with Crippen molar-refractivity contribution in [3.8, 4) is 23.1 Å². The van der Waals surface area contributed by atoms with Crippen molar-refractivity contribution in [2.45, 2.75) is 5.92 Å². The van der Waals surface area contributed by atoms with Crippen LogP contribution in [0.15, 0.2) is 48.8 Å². The highest BCUT2D eigenvalue weighted by atomic mass is 16.5. The quantitative estimate of drug-likeness (QED) is 0.500. The summed E-state index contributed by atoms with van der Waals surface area (Å²) >= 11 is 0. The standard InChI is InChI=1S/C17H13N3O3/c18-16-15-14(10-3-1-2-4-12(10)22)11-6-5-9(21)7-13(11)23-17(15)20-8-19-16/h1-8,14,21-22H,(H2,18,19,20). The number of benzene rings is 2. The Bertz CT molecular complexity index is 911. The molecule has 0 radical (unpaired) electrons. The van der Waals surface area contributed by atoms with Gasteiger partial charge in [0.25, 0.3) is 0 Å². The van der Waals surface area contributed by atoms with Crippen LogP contribution in [0.2, 0.25) is 0 Å². The summed E-state index contributed by atoms with van der Waals surface area (Å²) in [5.41, 5.74) is 8.10. The molecule has 0 amide bonds. The number of rotatable bonds is 1. The van der Waals surface area contributed by atoms with Gasteiger partial charge in [-0.1, -0.05) is 24.3 Å². The van der Waals surface area contributed by atoms with Gasteiger partial charge >= 0.3 is 0 Å². The molecule has 4 N–H and O–H groups in total. The van der Waals surface area contributed by atoms with E-state index in [2.05, 4.69) is 9.97 Å². The molecule has 0 saturated heterocycles. The molecule has 1 atom stereocenters. The molecule has 6 nitrogen and oxygen atoms in total. The van der Waals surface area contributed by atoms with Gasteiger partial charge in [-0.3, -0.25) is 0 Å². The summed E-state index contributed by atoms with van der Waals surface area (Å²) < 4.78 is 5.76. The minimum Gasteiger partial charge on any atom is -0.508 e. The van der Waals surface area contributed by atoms with E-state index < -0.39 is 0 Å². The summed E-state index contributed by atoms with van der Waals surface area (Å²) in [5.74, 6) is 0.948. The van der Waals surface area contributed by atoms with Crippen LogP contribution in [0.5, 0.6) is 23.1 Å². The van der Waals surface area contributed by atoms with Crippen LogP contribution >= 0.6 is 0 Å². The second-order valence-corrected chi connectivity index (χ2v) is 5.29. The normalized spacial score (nSPS) is 15.4. The van der Waals surface area contributed by atoms with Crippen LogP contribution in [-0.2, 0) is 0 Å². The van der Waals surface area contributed by atoms with Crippen molar-refractivity contribution < 1.29 is 14.9 Å². The topological polar surface area (TPSA) is 101 Å². The van der Waals surface area contributed by atoms with Gasteiger partial charge in [0.2, 0.25) is 5.88 Å². The second-order valence-electron chi connectivity index (χ2n) is 5.29. The Labute approximate surface area is 131 Å². The Morgan fingerprint density at radius 3 is 2.65 bits per heavy atom. The molecule has 0 fully saturated rings. The number of nitrogen functional groups attached to an aromatic ring is 1. The number of anilines is 1. The van der Waals surface area contributed by atoms with Crippen molar-refractivity contribution in [2.24, 2.45) is 0 Å². The highest BCUT2D eigenvalue weighted by Gasteiger charge is 2.33. The SMILES string of the molecule is Nc1ncnc2c1C(c1ccccc1O)c1ccc(O)cc1O2. The Morgan fingerprint density at radius 2 is 1.83 bits per heavy atom. The lowest BCUT2D eigenvalue weighted by atomic mass is 9.83. The average Bonchev–Trinajstić information content (AvgIpc) is 2.53. The molecule has 6 heteroatoms. The second kappa shape index (κ2) is 4.88. The molecule has 1 aliphatic rings. The van der Waals surface area contributed by atoms with E-state index in [1.54, 1.807) is 24.3 Å². The van der Waals surface area contributed by atoms with Gasteiger partial charge in [0, 0.05) is 17.2 Å². The first kappa shape index (κ1) is 13.4. The summed E-state index contributed by atoms with van der Waals surface area (Å²) in [5, 5.41) is 20.0. The molecule has 1 aromatic heterocycles. The van der Waals surface area contributed by atoms with Gasteiger partial charge in [-0.05, 0) is 12.1 Å². The molecular formula is C17H13N3O3. The average molecular weight is 307 g/mol. The molecule has 114 valence electrons. The molecule has 4 rings (SSSR count). The zero-order valence-electron chi connectivity index (χ0n) is 12.0. The van der Waals surface area contributed by atoms with Gasteiger partial charge in [0.05, 0.1) is 11.5 Å². The van der Waals surface area contributed by atoms with Gasteiger partial charge in [0.1, 0.15) is 29.4 Å². The van der Waals surface area contributed by atoms with E-state index >= 15 is 0 Å². The molecule has 0 aliphatic carbocycles. The maximum Gasteiger partial charge on any atom is 0.228 e. The fourth-order valence-electron chi connectivity index (χ4n) is 2.91. The van der Waals surface area contributed by atoms with E-state index in [-0.39, 0.29) is 17.4 Å². The number of aromatic hydroxyl groups is 2. The maximum absolute atomic E-state index is 10.3. The first-order valence-corrected chi connectivity index (χ1v) is 7.04. The van der Waals surface area contributed by atoms with E-state index in [1.165, 1.54) is 12.4 Å². The van der Waals surface area contributed by atoms with Crippen molar-refractivity contribution in [3.63, 3.8) is 0 Å². The Morgan fingerprint density at radius 1 is 1.00 bits per heavy atom. The highest BCUT2D eigenvalue weighted by Crippen LogP contribution is 2.50. The van der Waals surface area contributed by atoms with E-state index in [1.807, 2.05) is 12.1 Å². The number of aromatic nitrogens is 2. The van der Waals surface area contributed by atoms with Crippen molar-refractivity contribution in [2.75, 3.05) is 5.73 Å². The number of hydrogen-bond donors (Lipinski definition) is 3. The van der Waals surface area contributed by atoms with Crippen molar-refractivity contribution in [1.29, 1.82) is 0 Å². The minimum absolute atomic E-state index is 0.0882. The number of phenols is 2.